The van der Waals surface area contributed by atoms with Crippen molar-refractivity contribution < 1.29 is 18.8 Å². The fraction of sp³-hybridized carbons (Fsp3) is 0.375. The van der Waals surface area contributed by atoms with Crippen molar-refractivity contribution in [3.63, 3.8) is 0 Å². The van der Waals surface area contributed by atoms with Gasteiger partial charge in [-0.05, 0) is 41.2 Å². The highest BCUT2D eigenvalue weighted by Crippen LogP contribution is 2.31. The van der Waals surface area contributed by atoms with Crippen LogP contribution in [0.5, 0.6) is 0 Å². The molecule has 6 nitrogen and oxygen atoms in total. The molecule has 1 aliphatic rings. The van der Waals surface area contributed by atoms with Crippen molar-refractivity contribution in [2.75, 3.05) is 13.6 Å². The van der Waals surface area contributed by atoms with Gasteiger partial charge in [0.25, 0.3) is 5.91 Å². The predicted molar refractivity (Wildman–Crippen MR) is 116 cm³/mol. The first-order valence-corrected chi connectivity index (χ1v) is 10.2. The Bertz CT molecular complexity index is 996. The molecule has 31 heavy (non-hydrogen) atoms. The molecule has 1 saturated heterocycles. The van der Waals surface area contributed by atoms with Crippen molar-refractivity contribution in [2.45, 2.75) is 45.2 Å². The molecule has 1 atom stereocenters. The van der Waals surface area contributed by atoms with Gasteiger partial charge in [0, 0.05) is 13.6 Å². The summed E-state index contributed by atoms with van der Waals surface area (Å²) in [5.74, 6) is -1.21. The van der Waals surface area contributed by atoms with E-state index in [2.05, 4.69) is 26.1 Å². The Morgan fingerprint density at radius 3 is 2.19 bits per heavy atom. The lowest BCUT2D eigenvalue weighted by Crippen LogP contribution is -2.43. The Morgan fingerprint density at radius 1 is 1.06 bits per heavy atom. The second-order valence-corrected chi connectivity index (χ2v) is 9.15. The average molecular weight is 426 g/mol. The summed E-state index contributed by atoms with van der Waals surface area (Å²) in [5.41, 5.74) is 1.26. The maximum atomic E-state index is 13.1. The van der Waals surface area contributed by atoms with Crippen LogP contribution in [-0.2, 0) is 27.1 Å². The molecule has 2 aromatic carbocycles. The third kappa shape index (κ3) is 4.60. The summed E-state index contributed by atoms with van der Waals surface area (Å²) in [6.07, 6.45) is 0. The van der Waals surface area contributed by atoms with E-state index < -0.39 is 17.5 Å². The van der Waals surface area contributed by atoms with Gasteiger partial charge in [0.1, 0.15) is 17.9 Å². The number of hydrogen-bond donors (Lipinski definition) is 1. The van der Waals surface area contributed by atoms with Crippen LogP contribution in [0.3, 0.4) is 0 Å². The Hall–Kier alpha value is -3.22. The number of rotatable bonds is 5. The van der Waals surface area contributed by atoms with Crippen molar-refractivity contribution in [1.29, 1.82) is 0 Å². The number of likely N-dealkylation sites (N-methyl/N-ethyl adjacent to an activating group) is 1. The van der Waals surface area contributed by atoms with Crippen molar-refractivity contribution in [3.8, 4) is 0 Å². The van der Waals surface area contributed by atoms with Gasteiger partial charge < -0.3 is 10.2 Å². The number of nitrogens with zero attached hydrogens (tertiary/aromatic N) is 2. The molecular weight excluding hydrogens is 397 g/mol. The third-order valence-corrected chi connectivity index (χ3v) is 5.66. The number of nitrogens with one attached hydrogen (secondary N) is 1. The average Bonchev–Trinajstić information content (AvgIpc) is 2.93. The first-order chi connectivity index (χ1) is 14.4. The fourth-order valence-corrected chi connectivity index (χ4v) is 3.55. The minimum absolute atomic E-state index is 0.0318. The van der Waals surface area contributed by atoms with Gasteiger partial charge in [-0.25, -0.2) is 9.18 Å². The van der Waals surface area contributed by atoms with Crippen molar-refractivity contribution >= 4 is 17.8 Å². The van der Waals surface area contributed by atoms with Crippen LogP contribution in [0.4, 0.5) is 9.18 Å². The Morgan fingerprint density at radius 2 is 1.65 bits per heavy atom. The normalized spacial score (nSPS) is 18.8. The molecule has 0 spiro atoms. The minimum Gasteiger partial charge on any atom is -0.340 e. The number of urea groups is 1. The molecular formula is C24H28FN3O3. The molecule has 3 rings (SSSR count). The van der Waals surface area contributed by atoms with Crippen LogP contribution in [0, 0.1) is 5.82 Å². The molecule has 1 fully saturated rings. The van der Waals surface area contributed by atoms with Gasteiger partial charge in [0.05, 0.1) is 0 Å². The molecule has 1 unspecified atom stereocenters. The van der Waals surface area contributed by atoms with Crippen molar-refractivity contribution in [1.82, 2.24) is 15.1 Å². The smallest absolute Gasteiger partial charge is 0.325 e. The molecule has 1 N–H and O–H groups in total. The van der Waals surface area contributed by atoms with E-state index in [1.54, 1.807) is 26.1 Å². The number of amides is 4. The Balaban J connectivity index is 1.71. The first-order valence-electron chi connectivity index (χ1n) is 10.2. The van der Waals surface area contributed by atoms with Crippen molar-refractivity contribution in [3.05, 3.63) is 71.0 Å². The number of carbonyl (C=O) groups is 3. The number of benzene rings is 2. The standard InChI is InChI=1S/C24H28FN3O3/c1-23(2,3)17-8-10-18(11-9-17)24(4)21(30)28(22(31)26-24)15-20(29)27(5)14-16-6-12-19(25)13-7-16/h6-13H,14-15H2,1-5H3,(H,26,31). The topological polar surface area (TPSA) is 69.7 Å². The summed E-state index contributed by atoms with van der Waals surface area (Å²) >= 11 is 0. The van der Waals surface area contributed by atoms with Gasteiger partial charge in [-0.3, -0.25) is 14.5 Å². The van der Waals surface area contributed by atoms with Gasteiger partial charge in [-0.2, -0.15) is 0 Å². The predicted octanol–water partition coefficient (Wildman–Crippen LogP) is 3.55. The zero-order valence-corrected chi connectivity index (χ0v) is 18.5. The van der Waals surface area contributed by atoms with Crippen LogP contribution in [0.1, 0.15) is 44.4 Å². The quantitative estimate of drug-likeness (QED) is 0.745. The lowest BCUT2D eigenvalue weighted by Gasteiger charge is -2.25. The highest BCUT2D eigenvalue weighted by Gasteiger charge is 2.49. The third-order valence-electron chi connectivity index (χ3n) is 5.66. The molecule has 4 amide bonds. The molecule has 0 bridgehead atoms. The Labute approximate surface area is 182 Å². The van der Waals surface area contributed by atoms with E-state index in [0.717, 1.165) is 16.0 Å². The highest BCUT2D eigenvalue weighted by atomic mass is 19.1. The zero-order chi connectivity index (χ0) is 23.0. The molecule has 7 heteroatoms. The van der Waals surface area contributed by atoms with Gasteiger partial charge >= 0.3 is 6.03 Å². The summed E-state index contributed by atoms with van der Waals surface area (Å²) in [6.45, 7) is 7.82. The van der Waals surface area contributed by atoms with Crippen molar-refractivity contribution in [2.24, 2.45) is 0 Å². The van der Waals surface area contributed by atoms with Crippen LogP contribution in [0.2, 0.25) is 0 Å². The first kappa shape index (κ1) is 22.5. The van der Waals surface area contributed by atoms with E-state index in [1.165, 1.54) is 17.0 Å². The van der Waals surface area contributed by atoms with E-state index in [0.29, 0.717) is 5.56 Å². The minimum atomic E-state index is -1.23. The largest absolute Gasteiger partial charge is 0.340 e. The summed E-state index contributed by atoms with van der Waals surface area (Å²) in [5, 5.41) is 2.73. The molecule has 2 aromatic rings. The van der Waals surface area contributed by atoms with E-state index in [9.17, 15) is 18.8 Å². The monoisotopic (exact) mass is 425 g/mol. The number of hydrogen-bond acceptors (Lipinski definition) is 3. The second kappa shape index (κ2) is 8.13. The van der Waals surface area contributed by atoms with Crippen LogP contribution >= 0.6 is 0 Å². The lowest BCUT2D eigenvalue weighted by molar-refractivity contribution is -0.138. The lowest BCUT2D eigenvalue weighted by atomic mass is 9.84. The second-order valence-electron chi connectivity index (χ2n) is 9.15. The van der Waals surface area contributed by atoms with Crippen LogP contribution in [0.25, 0.3) is 0 Å². The summed E-state index contributed by atoms with van der Waals surface area (Å²) in [6, 6.07) is 12.8. The summed E-state index contributed by atoms with van der Waals surface area (Å²) in [4.78, 5) is 40.6. The van der Waals surface area contributed by atoms with Gasteiger partial charge in [0.15, 0.2) is 0 Å². The number of imide groups is 1. The van der Waals surface area contributed by atoms with Crippen LogP contribution in [-0.4, -0.2) is 41.2 Å². The van der Waals surface area contributed by atoms with Gasteiger partial charge in [-0.1, -0.05) is 57.2 Å². The molecule has 164 valence electrons. The van der Waals surface area contributed by atoms with Crippen LogP contribution < -0.4 is 5.32 Å². The fourth-order valence-electron chi connectivity index (χ4n) is 3.55. The highest BCUT2D eigenvalue weighted by molar-refractivity contribution is 6.09. The molecule has 0 aliphatic carbocycles. The Kier molecular flexibility index (Phi) is 5.89. The zero-order valence-electron chi connectivity index (χ0n) is 18.5. The number of halogens is 1. The summed E-state index contributed by atoms with van der Waals surface area (Å²) in [7, 11) is 1.58. The maximum Gasteiger partial charge on any atom is 0.325 e. The van der Waals surface area contributed by atoms with E-state index >= 15 is 0 Å². The maximum absolute atomic E-state index is 13.1. The molecule has 1 heterocycles. The van der Waals surface area contributed by atoms with Crippen LogP contribution in [0.15, 0.2) is 48.5 Å². The summed E-state index contributed by atoms with van der Waals surface area (Å²) < 4.78 is 13.1. The van der Waals surface area contributed by atoms with Gasteiger partial charge in [0.2, 0.25) is 5.91 Å². The van der Waals surface area contributed by atoms with Gasteiger partial charge in [-0.15, -0.1) is 0 Å². The van der Waals surface area contributed by atoms with E-state index in [1.807, 2.05) is 24.3 Å². The SMILES string of the molecule is CN(Cc1ccc(F)cc1)C(=O)CN1C(=O)NC(C)(c2ccc(C(C)(C)C)cc2)C1=O. The molecule has 0 saturated carbocycles. The molecule has 1 aliphatic heterocycles. The molecule has 0 radical (unpaired) electrons. The van der Waals surface area contributed by atoms with E-state index in [4.69, 9.17) is 0 Å². The number of carbonyl (C=O) groups excluding carboxylic acids is 3. The molecule has 0 aromatic heterocycles. The van der Waals surface area contributed by atoms with E-state index in [-0.39, 0.29) is 30.2 Å².